The van der Waals surface area contributed by atoms with Crippen molar-refractivity contribution in [2.45, 2.75) is 32.9 Å². The number of thiophene rings is 1. The van der Waals surface area contributed by atoms with Gasteiger partial charge in [0, 0.05) is 22.8 Å². The van der Waals surface area contributed by atoms with Gasteiger partial charge in [0.25, 0.3) is 0 Å². The van der Waals surface area contributed by atoms with Crippen molar-refractivity contribution in [3.63, 3.8) is 0 Å². The molecule has 74 valence electrons. The van der Waals surface area contributed by atoms with Crippen LogP contribution in [0.2, 0.25) is 0 Å². The van der Waals surface area contributed by atoms with Crippen molar-refractivity contribution in [2.24, 2.45) is 0 Å². The Morgan fingerprint density at radius 2 is 2.15 bits per heavy atom. The molecule has 1 aromatic heterocycles. The smallest absolute Gasteiger partial charge is 0.0636 e. The maximum Gasteiger partial charge on any atom is 0.0636 e. The average molecular weight is 199 g/mol. The van der Waals surface area contributed by atoms with E-state index in [4.69, 9.17) is 5.11 Å². The number of aliphatic hydroxyl groups excluding tert-OH is 1. The van der Waals surface area contributed by atoms with Crippen LogP contribution in [0.15, 0.2) is 12.1 Å². The minimum absolute atomic E-state index is 0.259. The maximum atomic E-state index is 9.02. The normalized spacial score (nSPS) is 13.2. The Morgan fingerprint density at radius 3 is 2.69 bits per heavy atom. The summed E-state index contributed by atoms with van der Waals surface area (Å²) in [6.07, 6.45) is 0.853. The standard InChI is InChI=1S/C10H17NOS/c1-3-9-4-5-10(13-9)7-11-6-8(2)12/h4-5,8,11-12H,3,6-7H2,1-2H3/t8-/m1/s1. The molecule has 0 unspecified atom stereocenters. The molecule has 1 aromatic rings. The molecule has 0 saturated carbocycles. The highest BCUT2D eigenvalue weighted by Crippen LogP contribution is 2.16. The molecule has 1 atom stereocenters. The van der Waals surface area contributed by atoms with Gasteiger partial charge in [0.15, 0.2) is 0 Å². The van der Waals surface area contributed by atoms with Crippen LogP contribution >= 0.6 is 11.3 Å². The van der Waals surface area contributed by atoms with Crippen molar-refractivity contribution in [1.29, 1.82) is 0 Å². The van der Waals surface area contributed by atoms with Crippen molar-refractivity contribution >= 4 is 11.3 Å². The van der Waals surface area contributed by atoms with Crippen LogP contribution in [0.4, 0.5) is 0 Å². The molecule has 13 heavy (non-hydrogen) atoms. The molecule has 1 heterocycles. The molecule has 1 rings (SSSR count). The second-order valence-corrected chi connectivity index (χ2v) is 4.45. The number of hydrogen-bond acceptors (Lipinski definition) is 3. The van der Waals surface area contributed by atoms with Gasteiger partial charge in [-0.05, 0) is 25.5 Å². The van der Waals surface area contributed by atoms with Crippen molar-refractivity contribution in [3.8, 4) is 0 Å². The van der Waals surface area contributed by atoms with Crippen LogP contribution in [-0.2, 0) is 13.0 Å². The van der Waals surface area contributed by atoms with E-state index in [9.17, 15) is 0 Å². The highest BCUT2D eigenvalue weighted by Gasteiger charge is 1.99. The second kappa shape index (κ2) is 5.37. The fourth-order valence-electron chi connectivity index (χ4n) is 1.11. The molecule has 0 radical (unpaired) electrons. The minimum Gasteiger partial charge on any atom is -0.392 e. The minimum atomic E-state index is -0.259. The maximum absolute atomic E-state index is 9.02. The predicted octanol–water partition coefficient (Wildman–Crippen LogP) is 1.78. The number of hydrogen-bond donors (Lipinski definition) is 2. The van der Waals surface area contributed by atoms with Gasteiger partial charge in [-0.3, -0.25) is 0 Å². The first kappa shape index (κ1) is 10.7. The van der Waals surface area contributed by atoms with Crippen LogP contribution in [0.25, 0.3) is 0 Å². The van der Waals surface area contributed by atoms with Gasteiger partial charge in [0.2, 0.25) is 0 Å². The summed E-state index contributed by atoms with van der Waals surface area (Å²) in [7, 11) is 0. The Balaban J connectivity index is 2.28. The monoisotopic (exact) mass is 199 g/mol. The topological polar surface area (TPSA) is 32.3 Å². The van der Waals surface area contributed by atoms with Gasteiger partial charge < -0.3 is 10.4 Å². The first-order chi connectivity index (χ1) is 6.22. The number of nitrogens with one attached hydrogen (secondary N) is 1. The third-order valence-corrected chi connectivity index (χ3v) is 3.03. The molecule has 2 nitrogen and oxygen atoms in total. The van der Waals surface area contributed by atoms with Gasteiger partial charge in [0.1, 0.15) is 0 Å². The van der Waals surface area contributed by atoms with E-state index in [0.717, 1.165) is 13.0 Å². The van der Waals surface area contributed by atoms with Crippen molar-refractivity contribution in [3.05, 3.63) is 21.9 Å². The average Bonchev–Trinajstić information content (AvgIpc) is 2.52. The molecular weight excluding hydrogens is 182 g/mol. The van der Waals surface area contributed by atoms with Gasteiger partial charge in [-0.15, -0.1) is 11.3 Å². The van der Waals surface area contributed by atoms with Crippen molar-refractivity contribution in [2.75, 3.05) is 6.54 Å². The third kappa shape index (κ3) is 3.89. The van der Waals surface area contributed by atoms with E-state index >= 15 is 0 Å². The summed E-state index contributed by atoms with van der Waals surface area (Å²) in [5.74, 6) is 0. The Kier molecular flexibility index (Phi) is 4.42. The summed E-state index contributed by atoms with van der Waals surface area (Å²) in [6.45, 7) is 5.49. The lowest BCUT2D eigenvalue weighted by atomic mass is 10.3. The van der Waals surface area contributed by atoms with E-state index in [1.165, 1.54) is 9.75 Å². The molecule has 0 aliphatic carbocycles. The quantitative estimate of drug-likeness (QED) is 0.757. The molecule has 0 aliphatic rings. The van der Waals surface area contributed by atoms with E-state index in [-0.39, 0.29) is 6.10 Å². The number of aryl methyl sites for hydroxylation is 1. The molecule has 0 aromatic carbocycles. The second-order valence-electron chi connectivity index (χ2n) is 3.20. The van der Waals surface area contributed by atoms with E-state index in [1.807, 2.05) is 11.3 Å². The number of aliphatic hydroxyl groups is 1. The Bertz CT molecular complexity index is 245. The molecular formula is C10H17NOS. The zero-order chi connectivity index (χ0) is 9.68. The van der Waals surface area contributed by atoms with Crippen molar-refractivity contribution < 1.29 is 5.11 Å². The lowest BCUT2D eigenvalue weighted by Gasteiger charge is -2.04. The first-order valence-corrected chi connectivity index (χ1v) is 5.50. The molecule has 0 aliphatic heterocycles. The molecule has 0 saturated heterocycles. The zero-order valence-electron chi connectivity index (χ0n) is 8.21. The van der Waals surface area contributed by atoms with Crippen LogP contribution in [0.1, 0.15) is 23.6 Å². The van der Waals surface area contributed by atoms with Crippen LogP contribution in [-0.4, -0.2) is 17.8 Å². The fraction of sp³-hybridized carbons (Fsp3) is 0.600. The van der Waals surface area contributed by atoms with Crippen LogP contribution < -0.4 is 5.32 Å². The molecule has 0 fully saturated rings. The number of rotatable bonds is 5. The largest absolute Gasteiger partial charge is 0.392 e. The summed E-state index contributed by atoms with van der Waals surface area (Å²) >= 11 is 1.84. The van der Waals surface area contributed by atoms with Gasteiger partial charge >= 0.3 is 0 Å². The van der Waals surface area contributed by atoms with Crippen LogP contribution in [0.3, 0.4) is 0 Å². The molecule has 0 amide bonds. The highest BCUT2D eigenvalue weighted by atomic mass is 32.1. The Morgan fingerprint density at radius 1 is 1.46 bits per heavy atom. The van der Waals surface area contributed by atoms with E-state index in [1.54, 1.807) is 6.92 Å². The third-order valence-electron chi connectivity index (χ3n) is 1.80. The summed E-state index contributed by atoms with van der Waals surface area (Å²) in [5.41, 5.74) is 0. The SMILES string of the molecule is CCc1ccc(CNC[C@@H](C)O)s1. The molecule has 2 N–H and O–H groups in total. The van der Waals surface area contributed by atoms with Gasteiger partial charge in [0.05, 0.1) is 6.10 Å². The first-order valence-electron chi connectivity index (χ1n) is 4.68. The summed E-state index contributed by atoms with van der Waals surface area (Å²) in [5, 5.41) is 12.2. The lowest BCUT2D eigenvalue weighted by Crippen LogP contribution is -2.23. The summed E-state index contributed by atoms with van der Waals surface area (Å²) in [4.78, 5) is 2.77. The Hall–Kier alpha value is -0.380. The van der Waals surface area contributed by atoms with Gasteiger partial charge in [-0.1, -0.05) is 6.92 Å². The molecule has 3 heteroatoms. The zero-order valence-corrected chi connectivity index (χ0v) is 9.03. The van der Waals surface area contributed by atoms with Crippen molar-refractivity contribution in [1.82, 2.24) is 5.32 Å². The van der Waals surface area contributed by atoms with Crippen LogP contribution in [0, 0.1) is 0 Å². The molecule has 0 bridgehead atoms. The van der Waals surface area contributed by atoms with E-state index in [0.29, 0.717) is 6.54 Å². The van der Waals surface area contributed by atoms with E-state index < -0.39 is 0 Å². The predicted molar refractivity (Wildman–Crippen MR) is 57.1 cm³/mol. The van der Waals surface area contributed by atoms with Gasteiger partial charge in [-0.2, -0.15) is 0 Å². The van der Waals surface area contributed by atoms with E-state index in [2.05, 4.69) is 24.4 Å². The Labute approximate surface area is 83.6 Å². The highest BCUT2D eigenvalue weighted by molar-refractivity contribution is 7.11. The summed E-state index contributed by atoms with van der Waals surface area (Å²) in [6, 6.07) is 4.32. The summed E-state index contributed by atoms with van der Waals surface area (Å²) < 4.78 is 0. The van der Waals surface area contributed by atoms with Crippen LogP contribution in [0.5, 0.6) is 0 Å². The molecule has 0 spiro atoms. The lowest BCUT2D eigenvalue weighted by molar-refractivity contribution is 0.191. The van der Waals surface area contributed by atoms with Gasteiger partial charge in [-0.25, -0.2) is 0 Å². The fourth-order valence-corrected chi connectivity index (χ4v) is 2.04.